The molecular formula is C11H22N2O2. The van der Waals surface area contributed by atoms with E-state index in [1.807, 2.05) is 20.8 Å². The lowest BCUT2D eigenvalue weighted by Gasteiger charge is -2.30. The predicted molar refractivity (Wildman–Crippen MR) is 59.6 cm³/mol. The quantitative estimate of drug-likeness (QED) is 0.723. The van der Waals surface area contributed by atoms with Crippen LogP contribution in [0, 0.1) is 0 Å². The van der Waals surface area contributed by atoms with Crippen LogP contribution in [-0.2, 0) is 4.74 Å². The minimum Gasteiger partial charge on any atom is -0.444 e. The van der Waals surface area contributed by atoms with Gasteiger partial charge in [0.2, 0.25) is 0 Å². The molecular weight excluding hydrogens is 192 g/mol. The van der Waals surface area contributed by atoms with Gasteiger partial charge in [0.15, 0.2) is 0 Å². The Balaban J connectivity index is 2.52. The molecule has 1 rings (SSSR count). The highest BCUT2D eigenvalue weighted by molar-refractivity contribution is 5.68. The van der Waals surface area contributed by atoms with Crippen molar-refractivity contribution in [2.75, 3.05) is 7.05 Å². The van der Waals surface area contributed by atoms with E-state index in [0.29, 0.717) is 0 Å². The van der Waals surface area contributed by atoms with Gasteiger partial charge in [0.25, 0.3) is 0 Å². The van der Waals surface area contributed by atoms with Crippen LogP contribution in [0.2, 0.25) is 0 Å². The Bertz CT molecular complexity index is 235. The van der Waals surface area contributed by atoms with Crippen LogP contribution in [0.5, 0.6) is 0 Å². The van der Waals surface area contributed by atoms with Gasteiger partial charge in [0.1, 0.15) is 5.60 Å². The number of rotatable bonds is 1. The van der Waals surface area contributed by atoms with Crippen LogP contribution in [0.4, 0.5) is 4.79 Å². The molecule has 15 heavy (non-hydrogen) atoms. The zero-order valence-corrected chi connectivity index (χ0v) is 10.1. The number of nitrogens with two attached hydrogens (primary N) is 1. The molecule has 1 fully saturated rings. The first kappa shape index (κ1) is 12.3. The Morgan fingerprint density at radius 2 is 2.00 bits per heavy atom. The smallest absolute Gasteiger partial charge is 0.410 e. The number of carbonyl (C=O) groups excluding carboxylic acids is 1. The maximum atomic E-state index is 11.7. The van der Waals surface area contributed by atoms with E-state index < -0.39 is 5.60 Å². The number of hydrogen-bond acceptors (Lipinski definition) is 3. The van der Waals surface area contributed by atoms with Crippen molar-refractivity contribution < 1.29 is 9.53 Å². The van der Waals surface area contributed by atoms with E-state index in [2.05, 4.69) is 0 Å². The number of ether oxygens (including phenoxy) is 1. The molecule has 1 amide bonds. The molecule has 0 aromatic heterocycles. The third kappa shape index (κ3) is 3.38. The molecule has 1 saturated carbocycles. The van der Waals surface area contributed by atoms with E-state index in [1.165, 1.54) is 0 Å². The van der Waals surface area contributed by atoms with Crippen molar-refractivity contribution in [2.45, 2.75) is 57.7 Å². The van der Waals surface area contributed by atoms with Crippen LogP contribution in [-0.4, -0.2) is 35.7 Å². The van der Waals surface area contributed by atoms with Crippen LogP contribution >= 0.6 is 0 Å². The molecule has 2 N–H and O–H groups in total. The van der Waals surface area contributed by atoms with Crippen molar-refractivity contribution in [3.05, 3.63) is 0 Å². The van der Waals surface area contributed by atoms with Crippen molar-refractivity contribution in [3.63, 3.8) is 0 Å². The molecule has 0 spiro atoms. The number of hydrogen-bond donors (Lipinski definition) is 1. The molecule has 1 aliphatic rings. The Morgan fingerprint density at radius 1 is 1.40 bits per heavy atom. The molecule has 4 heteroatoms. The third-order valence-electron chi connectivity index (χ3n) is 2.71. The van der Waals surface area contributed by atoms with E-state index >= 15 is 0 Å². The number of amides is 1. The second-order valence-electron chi connectivity index (χ2n) is 5.25. The molecule has 1 aliphatic carbocycles. The monoisotopic (exact) mass is 214 g/mol. The van der Waals surface area contributed by atoms with Crippen LogP contribution in [0.25, 0.3) is 0 Å². The third-order valence-corrected chi connectivity index (χ3v) is 2.71. The van der Waals surface area contributed by atoms with E-state index in [-0.39, 0.29) is 18.2 Å². The van der Waals surface area contributed by atoms with Gasteiger partial charge in [-0.2, -0.15) is 0 Å². The molecule has 0 aromatic rings. The first-order chi connectivity index (χ1) is 6.81. The first-order valence-corrected chi connectivity index (χ1v) is 5.52. The molecule has 4 nitrogen and oxygen atoms in total. The zero-order chi connectivity index (χ0) is 11.6. The van der Waals surface area contributed by atoms with E-state index in [9.17, 15) is 4.79 Å². The second kappa shape index (κ2) is 4.39. The maximum absolute atomic E-state index is 11.7. The van der Waals surface area contributed by atoms with E-state index in [1.54, 1.807) is 11.9 Å². The highest BCUT2D eigenvalue weighted by Crippen LogP contribution is 2.23. The Labute approximate surface area is 91.8 Å². The fourth-order valence-electron chi connectivity index (χ4n) is 1.92. The summed E-state index contributed by atoms with van der Waals surface area (Å²) in [5.74, 6) is 0. The molecule has 2 atom stereocenters. The van der Waals surface area contributed by atoms with Gasteiger partial charge in [-0.3, -0.25) is 0 Å². The average molecular weight is 214 g/mol. The van der Waals surface area contributed by atoms with Gasteiger partial charge in [-0.1, -0.05) is 0 Å². The highest BCUT2D eigenvalue weighted by Gasteiger charge is 2.32. The topological polar surface area (TPSA) is 55.6 Å². The van der Waals surface area contributed by atoms with E-state index in [4.69, 9.17) is 10.5 Å². The van der Waals surface area contributed by atoms with Crippen molar-refractivity contribution in [1.82, 2.24) is 4.90 Å². The summed E-state index contributed by atoms with van der Waals surface area (Å²) in [7, 11) is 1.77. The molecule has 0 aliphatic heterocycles. The summed E-state index contributed by atoms with van der Waals surface area (Å²) in [5.41, 5.74) is 5.50. The van der Waals surface area contributed by atoms with Crippen LogP contribution in [0.1, 0.15) is 40.0 Å². The molecule has 0 bridgehead atoms. The second-order valence-corrected chi connectivity index (χ2v) is 5.25. The Morgan fingerprint density at radius 3 is 2.40 bits per heavy atom. The molecule has 0 unspecified atom stereocenters. The van der Waals surface area contributed by atoms with Gasteiger partial charge in [-0.15, -0.1) is 0 Å². The summed E-state index contributed by atoms with van der Waals surface area (Å²) >= 11 is 0. The minimum atomic E-state index is -0.436. The van der Waals surface area contributed by atoms with Crippen molar-refractivity contribution in [2.24, 2.45) is 5.73 Å². The SMILES string of the molecule is CN(C(=O)OC(C)(C)C)[C@H]1CCC[C@@H]1N. The number of carbonyl (C=O) groups is 1. The largest absolute Gasteiger partial charge is 0.444 e. The summed E-state index contributed by atoms with van der Waals surface area (Å²) in [5, 5.41) is 0. The van der Waals surface area contributed by atoms with Crippen molar-refractivity contribution in [1.29, 1.82) is 0 Å². The molecule has 0 radical (unpaired) electrons. The summed E-state index contributed by atoms with van der Waals surface area (Å²) < 4.78 is 5.29. The van der Waals surface area contributed by atoms with Gasteiger partial charge >= 0.3 is 6.09 Å². The lowest BCUT2D eigenvalue weighted by Crippen LogP contribution is -2.47. The predicted octanol–water partition coefficient (Wildman–Crippen LogP) is 1.73. The van der Waals surface area contributed by atoms with Crippen LogP contribution in [0.15, 0.2) is 0 Å². The molecule has 0 saturated heterocycles. The maximum Gasteiger partial charge on any atom is 0.410 e. The summed E-state index contributed by atoms with van der Waals surface area (Å²) in [6, 6.07) is 0.238. The Kier molecular flexibility index (Phi) is 3.60. The lowest BCUT2D eigenvalue weighted by molar-refractivity contribution is 0.0214. The lowest BCUT2D eigenvalue weighted by atomic mass is 10.1. The first-order valence-electron chi connectivity index (χ1n) is 5.52. The van der Waals surface area contributed by atoms with Crippen LogP contribution in [0.3, 0.4) is 0 Å². The molecule has 88 valence electrons. The van der Waals surface area contributed by atoms with Crippen molar-refractivity contribution in [3.8, 4) is 0 Å². The zero-order valence-electron chi connectivity index (χ0n) is 10.1. The Hall–Kier alpha value is -0.770. The normalized spacial score (nSPS) is 26.5. The summed E-state index contributed by atoms with van der Waals surface area (Å²) in [6.45, 7) is 5.61. The minimum absolute atomic E-state index is 0.0996. The molecule has 0 heterocycles. The average Bonchev–Trinajstić information content (AvgIpc) is 2.47. The van der Waals surface area contributed by atoms with Gasteiger partial charge in [-0.25, -0.2) is 4.79 Å². The fourth-order valence-corrected chi connectivity index (χ4v) is 1.92. The van der Waals surface area contributed by atoms with Gasteiger partial charge in [-0.05, 0) is 40.0 Å². The van der Waals surface area contributed by atoms with Gasteiger partial charge < -0.3 is 15.4 Å². The number of nitrogens with zero attached hydrogens (tertiary/aromatic N) is 1. The van der Waals surface area contributed by atoms with E-state index in [0.717, 1.165) is 19.3 Å². The van der Waals surface area contributed by atoms with Crippen LogP contribution < -0.4 is 5.73 Å². The highest BCUT2D eigenvalue weighted by atomic mass is 16.6. The van der Waals surface area contributed by atoms with Gasteiger partial charge in [0, 0.05) is 19.1 Å². The molecule has 0 aromatic carbocycles. The summed E-state index contributed by atoms with van der Waals surface area (Å²) in [6.07, 6.45) is 2.80. The fraction of sp³-hybridized carbons (Fsp3) is 0.909. The number of likely N-dealkylation sites (N-methyl/N-ethyl adjacent to an activating group) is 1. The summed E-state index contributed by atoms with van der Waals surface area (Å²) in [4.78, 5) is 13.4. The standard InChI is InChI=1S/C11H22N2O2/c1-11(2,3)15-10(14)13(4)9-7-5-6-8(9)12/h8-9H,5-7,12H2,1-4H3/t8-,9-/m0/s1. The van der Waals surface area contributed by atoms with Crippen molar-refractivity contribution >= 4 is 6.09 Å². The van der Waals surface area contributed by atoms with Gasteiger partial charge in [0.05, 0.1) is 0 Å².